The molecule has 2 aromatic rings. The molecule has 0 saturated carbocycles. The van der Waals surface area contributed by atoms with Crippen LogP contribution in [0.5, 0.6) is 5.75 Å². The summed E-state index contributed by atoms with van der Waals surface area (Å²) >= 11 is 0. The number of carbonyl (C=O) groups excluding carboxylic acids is 1. The zero-order valence-electron chi connectivity index (χ0n) is 9.93. The van der Waals surface area contributed by atoms with Crippen molar-refractivity contribution in [3.8, 4) is 11.8 Å². The molecule has 6 nitrogen and oxygen atoms in total. The van der Waals surface area contributed by atoms with E-state index in [0.29, 0.717) is 0 Å². The molecular weight excluding hydrogens is 270 g/mol. The summed E-state index contributed by atoms with van der Waals surface area (Å²) in [4.78, 5) is 11.9. The fraction of sp³-hybridized carbons (Fsp3) is 0.0833. The Hall–Kier alpha value is -2.95. The molecule has 0 aliphatic rings. The van der Waals surface area contributed by atoms with Gasteiger partial charge in [0.25, 0.3) is 5.91 Å². The topological polar surface area (TPSA) is 90.8 Å². The number of aromatic amines is 1. The van der Waals surface area contributed by atoms with E-state index >= 15 is 0 Å². The van der Waals surface area contributed by atoms with E-state index in [2.05, 4.69) is 20.3 Å². The predicted octanol–water partition coefficient (Wildman–Crippen LogP) is 2.14. The molecule has 0 bridgehead atoms. The Kier molecular flexibility index (Phi) is 3.91. The maximum Gasteiger partial charge on any atom is 0.387 e. The van der Waals surface area contributed by atoms with Gasteiger partial charge in [0, 0.05) is 5.56 Å². The summed E-state index contributed by atoms with van der Waals surface area (Å²) in [5.41, 5.74) is 0.418. The number of alkyl halides is 2. The second-order valence-corrected chi connectivity index (χ2v) is 3.63. The highest BCUT2D eigenvalue weighted by atomic mass is 19.3. The van der Waals surface area contributed by atoms with E-state index < -0.39 is 12.5 Å². The first-order chi connectivity index (χ1) is 9.60. The first-order valence-electron chi connectivity index (χ1n) is 5.40. The smallest absolute Gasteiger partial charge is 0.387 e. The van der Waals surface area contributed by atoms with Crippen LogP contribution in [0.15, 0.2) is 30.5 Å². The summed E-state index contributed by atoms with van der Waals surface area (Å²) in [6, 6.07) is 7.01. The fourth-order valence-corrected chi connectivity index (χ4v) is 1.44. The number of halogens is 2. The molecule has 102 valence electrons. The molecule has 1 heterocycles. The summed E-state index contributed by atoms with van der Waals surface area (Å²) in [6.45, 7) is -2.92. The van der Waals surface area contributed by atoms with Gasteiger partial charge in [-0.3, -0.25) is 9.89 Å². The predicted molar refractivity (Wildman–Crippen MR) is 64.3 cm³/mol. The highest BCUT2D eigenvalue weighted by Gasteiger charge is 2.11. The van der Waals surface area contributed by atoms with Crippen LogP contribution >= 0.6 is 0 Å². The Bertz CT molecular complexity index is 646. The number of rotatable bonds is 4. The molecular formula is C12H8F2N4O2. The van der Waals surface area contributed by atoms with Crippen LogP contribution in [0.1, 0.15) is 15.9 Å². The molecule has 1 amide bonds. The number of amides is 1. The standard InChI is InChI=1S/C12H8F2N4O2/c13-12(14)20-9-3-1-7(2-4-9)11(19)17-10-8(5-15)6-16-18-10/h1-4,6,12H,(H2,16,17,18,19). The van der Waals surface area contributed by atoms with Crippen molar-refractivity contribution < 1.29 is 18.3 Å². The zero-order valence-corrected chi connectivity index (χ0v) is 9.93. The van der Waals surface area contributed by atoms with Crippen LogP contribution in [0.2, 0.25) is 0 Å². The summed E-state index contributed by atoms with van der Waals surface area (Å²) in [5, 5.41) is 17.3. The van der Waals surface area contributed by atoms with Gasteiger partial charge in [-0.25, -0.2) is 0 Å². The molecule has 8 heteroatoms. The molecule has 0 aliphatic heterocycles. The maximum atomic E-state index is 12.0. The Balaban J connectivity index is 2.08. The summed E-state index contributed by atoms with van der Waals surface area (Å²) < 4.78 is 28.1. The number of H-pyrrole nitrogens is 1. The van der Waals surface area contributed by atoms with Crippen molar-refractivity contribution >= 4 is 11.7 Å². The van der Waals surface area contributed by atoms with Crippen molar-refractivity contribution in [3.63, 3.8) is 0 Å². The van der Waals surface area contributed by atoms with E-state index in [-0.39, 0.29) is 22.7 Å². The van der Waals surface area contributed by atoms with Gasteiger partial charge in [0.1, 0.15) is 23.2 Å². The van der Waals surface area contributed by atoms with Crippen molar-refractivity contribution in [2.45, 2.75) is 6.61 Å². The Morgan fingerprint density at radius 2 is 2.10 bits per heavy atom. The zero-order chi connectivity index (χ0) is 14.5. The van der Waals surface area contributed by atoms with Gasteiger partial charge in [-0.2, -0.15) is 19.1 Å². The number of ether oxygens (including phenoxy) is 1. The Morgan fingerprint density at radius 1 is 1.40 bits per heavy atom. The molecule has 1 aromatic carbocycles. The first-order valence-corrected chi connectivity index (χ1v) is 5.40. The molecule has 0 saturated heterocycles. The minimum Gasteiger partial charge on any atom is -0.435 e. The Morgan fingerprint density at radius 3 is 2.70 bits per heavy atom. The molecule has 20 heavy (non-hydrogen) atoms. The van der Waals surface area contributed by atoms with Gasteiger partial charge in [-0.1, -0.05) is 0 Å². The molecule has 2 N–H and O–H groups in total. The van der Waals surface area contributed by atoms with Crippen LogP contribution in [-0.2, 0) is 0 Å². The van der Waals surface area contributed by atoms with Crippen molar-refractivity contribution in [2.24, 2.45) is 0 Å². The summed E-state index contributed by atoms with van der Waals surface area (Å²) in [6.07, 6.45) is 1.27. The number of hydrogen-bond acceptors (Lipinski definition) is 4. The van der Waals surface area contributed by atoms with Crippen LogP contribution in [0.4, 0.5) is 14.6 Å². The minimum atomic E-state index is -2.92. The number of anilines is 1. The largest absolute Gasteiger partial charge is 0.435 e. The lowest BCUT2D eigenvalue weighted by atomic mass is 10.2. The van der Waals surface area contributed by atoms with Crippen molar-refractivity contribution in [3.05, 3.63) is 41.6 Å². The summed E-state index contributed by atoms with van der Waals surface area (Å²) in [7, 11) is 0. The number of nitrogens with zero attached hydrogens (tertiary/aromatic N) is 2. The lowest BCUT2D eigenvalue weighted by Gasteiger charge is -2.06. The van der Waals surface area contributed by atoms with Crippen LogP contribution in [-0.4, -0.2) is 22.7 Å². The van der Waals surface area contributed by atoms with Gasteiger partial charge >= 0.3 is 6.61 Å². The van der Waals surface area contributed by atoms with E-state index in [9.17, 15) is 13.6 Å². The third-order valence-electron chi connectivity index (χ3n) is 2.34. The molecule has 1 aromatic heterocycles. The lowest BCUT2D eigenvalue weighted by Crippen LogP contribution is -2.13. The fourth-order valence-electron chi connectivity index (χ4n) is 1.44. The third-order valence-corrected chi connectivity index (χ3v) is 2.34. The molecule has 2 rings (SSSR count). The number of hydrogen-bond donors (Lipinski definition) is 2. The van der Waals surface area contributed by atoms with Crippen molar-refractivity contribution in [1.82, 2.24) is 10.2 Å². The van der Waals surface area contributed by atoms with Gasteiger partial charge in [0.15, 0.2) is 0 Å². The third kappa shape index (κ3) is 3.08. The van der Waals surface area contributed by atoms with Gasteiger partial charge < -0.3 is 10.1 Å². The minimum absolute atomic E-state index is 0.0456. The van der Waals surface area contributed by atoms with Crippen LogP contribution in [0, 0.1) is 11.3 Å². The second kappa shape index (κ2) is 5.79. The maximum absolute atomic E-state index is 12.0. The molecule has 0 fully saturated rings. The van der Waals surface area contributed by atoms with E-state index in [4.69, 9.17) is 5.26 Å². The Labute approximate surface area is 112 Å². The van der Waals surface area contributed by atoms with Crippen LogP contribution < -0.4 is 10.1 Å². The van der Waals surface area contributed by atoms with Gasteiger partial charge in [0.2, 0.25) is 0 Å². The van der Waals surface area contributed by atoms with Gasteiger partial charge in [-0.15, -0.1) is 0 Å². The van der Waals surface area contributed by atoms with Gasteiger partial charge in [0.05, 0.1) is 6.20 Å². The normalized spacial score (nSPS) is 10.1. The average molecular weight is 278 g/mol. The van der Waals surface area contributed by atoms with E-state index in [0.717, 1.165) is 0 Å². The number of nitrogens with one attached hydrogen (secondary N) is 2. The van der Waals surface area contributed by atoms with Crippen molar-refractivity contribution in [2.75, 3.05) is 5.32 Å². The number of carbonyl (C=O) groups is 1. The number of nitriles is 1. The summed E-state index contributed by atoms with van der Waals surface area (Å²) in [5.74, 6) is -0.379. The van der Waals surface area contributed by atoms with E-state index in [1.807, 2.05) is 6.07 Å². The highest BCUT2D eigenvalue weighted by molar-refractivity contribution is 6.04. The molecule has 0 radical (unpaired) electrons. The van der Waals surface area contributed by atoms with Crippen LogP contribution in [0.25, 0.3) is 0 Å². The van der Waals surface area contributed by atoms with Crippen LogP contribution in [0.3, 0.4) is 0 Å². The SMILES string of the molecule is N#Cc1cn[nH]c1NC(=O)c1ccc(OC(F)F)cc1. The van der Waals surface area contributed by atoms with E-state index in [1.165, 1.54) is 30.5 Å². The molecule has 0 spiro atoms. The molecule has 0 unspecified atom stereocenters. The number of aromatic nitrogens is 2. The average Bonchev–Trinajstić information content (AvgIpc) is 2.86. The lowest BCUT2D eigenvalue weighted by molar-refractivity contribution is -0.0498. The quantitative estimate of drug-likeness (QED) is 0.896. The van der Waals surface area contributed by atoms with E-state index in [1.54, 1.807) is 0 Å². The highest BCUT2D eigenvalue weighted by Crippen LogP contribution is 2.16. The second-order valence-electron chi connectivity index (χ2n) is 3.63. The first kappa shape index (κ1) is 13.5. The monoisotopic (exact) mass is 278 g/mol. The van der Waals surface area contributed by atoms with Gasteiger partial charge in [-0.05, 0) is 24.3 Å². The number of benzene rings is 1. The molecule has 0 atom stereocenters. The van der Waals surface area contributed by atoms with Crippen molar-refractivity contribution in [1.29, 1.82) is 5.26 Å². The molecule has 0 aliphatic carbocycles.